The van der Waals surface area contributed by atoms with Crippen molar-refractivity contribution in [1.29, 1.82) is 0 Å². The van der Waals surface area contributed by atoms with Gasteiger partial charge in [0.1, 0.15) is 5.52 Å². The molecule has 0 unspecified atom stereocenters. The summed E-state index contributed by atoms with van der Waals surface area (Å²) in [6, 6.07) is 13.6. The molecule has 0 fully saturated rings. The number of aromatic nitrogens is 1. The second kappa shape index (κ2) is 6.22. The summed E-state index contributed by atoms with van der Waals surface area (Å²) >= 11 is 12.0. The fourth-order valence-corrected chi connectivity index (χ4v) is 2.41. The zero-order valence-corrected chi connectivity index (χ0v) is 12.7. The molecule has 3 rings (SSSR count). The molecule has 1 N–H and O–H groups in total. The number of hydrogen-bond donors (Lipinski definition) is 1. The fraction of sp³-hybridized carbons (Fsp3) is 0. The number of hydrogen-bond acceptors (Lipinski definition) is 3. The maximum absolute atomic E-state index is 12.0. The Morgan fingerprint density at radius 3 is 2.77 bits per heavy atom. The molecule has 0 aliphatic carbocycles. The Hall–Kier alpha value is -2.30. The number of halogens is 2. The van der Waals surface area contributed by atoms with Gasteiger partial charge in [0, 0.05) is 22.3 Å². The average molecular weight is 333 g/mol. The maximum Gasteiger partial charge on any atom is 0.417 e. The highest BCUT2D eigenvalue weighted by Crippen LogP contribution is 2.29. The topological polar surface area (TPSA) is 51.2 Å². The van der Waals surface area contributed by atoms with Gasteiger partial charge in [0.15, 0.2) is 5.75 Å². The molecule has 3 aromatic rings. The van der Waals surface area contributed by atoms with Gasteiger partial charge in [-0.3, -0.25) is 10.3 Å². The predicted molar refractivity (Wildman–Crippen MR) is 87.9 cm³/mol. The largest absolute Gasteiger partial charge is 0.417 e. The number of rotatable bonds is 2. The van der Waals surface area contributed by atoms with Gasteiger partial charge in [-0.2, -0.15) is 0 Å². The molecule has 1 heterocycles. The van der Waals surface area contributed by atoms with Crippen LogP contribution in [0, 0.1) is 0 Å². The van der Waals surface area contributed by atoms with E-state index >= 15 is 0 Å². The molecule has 0 bridgehead atoms. The van der Waals surface area contributed by atoms with Crippen LogP contribution in [0.2, 0.25) is 10.0 Å². The van der Waals surface area contributed by atoms with E-state index in [-0.39, 0.29) is 0 Å². The number of carbonyl (C=O) groups is 1. The predicted octanol–water partition coefficient (Wildman–Crippen LogP) is 5.15. The number of pyridine rings is 1. The van der Waals surface area contributed by atoms with Crippen LogP contribution in [0.4, 0.5) is 10.5 Å². The molecule has 22 heavy (non-hydrogen) atoms. The van der Waals surface area contributed by atoms with Crippen LogP contribution in [-0.4, -0.2) is 11.1 Å². The molecule has 0 atom stereocenters. The average Bonchev–Trinajstić information content (AvgIpc) is 2.50. The minimum absolute atomic E-state index is 0.333. The third-order valence-corrected chi connectivity index (χ3v) is 3.52. The van der Waals surface area contributed by atoms with Crippen molar-refractivity contribution in [3.63, 3.8) is 0 Å². The lowest BCUT2D eigenvalue weighted by Gasteiger charge is -2.09. The summed E-state index contributed by atoms with van der Waals surface area (Å²) in [4.78, 5) is 16.2. The van der Waals surface area contributed by atoms with Gasteiger partial charge in [-0.1, -0.05) is 29.3 Å². The summed E-state index contributed by atoms with van der Waals surface area (Å²) in [6.07, 6.45) is 0.983. The molecule has 4 nitrogen and oxygen atoms in total. The number of benzene rings is 2. The molecule has 0 saturated heterocycles. The first-order valence-electron chi connectivity index (χ1n) is 6.41. The molecule has 0 spiro atoms. The summed E-state index contributed by atoms with van der Waals surface area (Å²) in [7, 11) is 0. The molecule has 2 aromatic carbocycles. The monoisotopic (exact) mass is 332 g/mol. The fourth-order valence-electron chi connectivity index (χ4n) is 2.00. The lowest BCUT2D eigenvalue weighted by molar-refractivity contribution is 0.215. The van der Waals surface area contributed by atoms with Gasteiger partial charge >= 0.3 is 6.09 Å². The lowest BCUT2D eigenvalue weighted by Crippen LogP contribution is -2.16. The van der Waals surface area contributed by atoms with Gasteiger partial charge in [-0.05, 0) is 42.5 Å². The lowest BCUT2D eigenvalue weighted by atomic mass is 10.2. The van der Waals surface area contributed by atoms with E-state index < -0.39 is 6.09 Å². The second-order valence-electron chi connectivity index (χ2n) is 4.47. The molecule has 110 valence electrons. The summed E-state index contributed by atoms with van der Waals surface area (Å²) in [5.74, 6) is 0.333. The van der Waals surface area contributed by atoms with Crippen molar-refractivity contribution in [1.82, 2.24) is 4.98 Å². The summed E-state index contributed by atoms with van der Waals surface area (Å²) in [5.41, 5.74) is 1.07. The number of amides is 1. The Balaban J connectivity index is 1.84. The zero-order valence-electron chi connectivity index (χ0n) is 11.2. The van der Waals surface area contributed by atoms with Crippen molar-refractivity contribution in [2.24, 2.45) is 0 Å². The van der Waals surface area contributed by atoms with Gasteiger partial charge in [0.25, 0.3) is 0 Å². The van der Waals surface area contributed by atoms with Crippen LogP contribution < -0.4 is 10.1 Å². The Kier molecular flexibility index (Phi) is 4.13. The van der Waals surface area contributed by atoms with Crippen molar-refractivity contribution >= 4 is 45.9 Å². The molecular formula is C16H10Cl2N2O2. The van der Waals surface area contributed by atoms with E-state index in [1.807, 2.05) is 6.07 Å². The van der Waals surface area contributed by atoms with Gasteiger partial charge in [0.05, 0.1) is 5.02 Å². The maximum atomic E-state index is 12.0. The molecule has 0 aliphatic heterocycles. The van der Waals surface area contributed by atoms with Crippen LogP contribution >= 0.6 is 23.2 Å². The van der Waals surface area contributed by atoms with Gasteiger partial charge in [-0.25, -0.2) is 4.79 Å². The number of carbonyl (C=O) groups excluding carboxylic acids is 1. The standard InChI is InChI=1S/C16H10Cl2N2O2/c17-10-3-1-4-11(9-10)20-16(21)22-14-7-6-13(18)12-5-2-8-19-15(12)14/h1-9H,(H,20,21). The summed E-state index contributed by atoms with van der Waals surface area (Å²) in [6.45, 7) is 0. The minimum atomic E-state index is -0.628. The van der Waals surface area contributed by atoms with Crippen molar-refractivity contribution in [2.75, 3.05) is 5.32 Å². The minimum Gasteiger partial charge on any atom is -0.408 e. The molecule has 6 heteroatoms. The van der Waals surface area contributed by atoms with Crippen LogP contribution in [0.3, 0.4) is 0 Å². The molecule has 0 saturated carbocycles. The van der Waals surface area contributed by atoms with Gasteiger partial charge in [0.2, 0.25) is 0 Å². The summed E-state index contributed by atoms with van der Waals surface area (Å²) < 4.78 is 5.31. The Labute approximate surface area is 136 Å². The second-order valence-corrected chi connectivity index (χ2v) is 5.31. The number of nitrogens with zero attached hydrogens (tertiary/aromatic N) is 1. The van der Waals surface area contributed by atoms with Gasteiger partial charge < -0.3 is 4.74 Å². The van der Waals surface area contributed by atoms with Crippen LogP contribution in [0.15, 0.2) is 54.7 Å². The number of nitrogens with one attached hydrogen (secondary N) is 1. The molecule has 1 aromatic heterocycles. The van der Waals surface area contributed by atoms with E-state index in [9.17, 15) is 4.79 Å². The zero-order chi connectivity index (χ0) is 15.5. The molecule has 0 aliphatic rings. The number of anilines is 1. The van der Waals surface area contributed by atoms with Crippen LogP contribution in [0.25, 0.3) is 10.9 Å². The SMILES string of the molecule is O=C(Nc1cccc(Cl)c1)Oc1ccc(Cl)c2cccnc12. The van der Waals surface area contributed by atoms with Gasteiger partial charge in [-0.15, -0.1) is 0 Å². The van der Waals surface area contributed by atoms with E-state index in [2.05, 4.69) is 10.3 Å². The van der Waals surface area contributed by atoms with Crippen molar-refractivity contribution in [3.8, 4) is 5.75 Å². The first-order valence-corrected chi connectivity index (χ1v) is 7.17. The quantitative estimate of drug-likeness (QED) is 0.705. The third kappa shape index (κ3) is 3.13. The van der Waals surface area contributed by atoms with E-state index in [0.29, 0.717) is 27.0 Å². The Morgan fingerprint density at radius 2 is 1.95 bits per heavy atom. The molecular weight excluding hydrogens is 323 g/mol. The van der Waals surface area contributed by atoms with E-state index in [1.54, 1.807) is 48.7 Å². The van der Waals surface area contributed by atoms with E-state index in [0.717, 1.165) is 5.39 Å². The first-order chi connectivity index (χ1) is 10.6. The van der Waals surface area contributed by atoms with Crippen LogP contribution in [0.5, 0.6) is 5.75 Å². The smallest absolute Gasteiger partial charge is 0.408 e. The normalized spacial score (nSPS) is 10.5. The Bertz CT molecular complexity index is 852. The highest BCUT2D eigenvalue weighted by molar-refractivity contribution is 6.35. The number of fused-ring (bicyclic) bond motifs is 1. The van der Waals surface area contributed by atoms with Crippen LogP contribution in [0.1, 0.15) is 0 Å². The highest BCUT2D eigenvalue weighted by atomic mass is 35.5. The van der Waals surface area contributed by atoms with E-state index in [4.69, 9.17) is 27.9 Å². The molecule has 1 amide bonds. The Morgan fingerprint density at radius 1 is 1.09 bits per heavy atom. The van der Waals surface area contributed by atoms with E-state index in [1.165, 1.54) is 0 Å². The summed E-state index contributed by atoms with van der Waals surface area (Å²) in [5, 5.41) is 4.40. The van der Waals surface area contributed by atoms with Crippen LogP contribution in [-0.2, 0) is 0 Å². The third-order valence-electron chi connectivity index (χ3n) is 2.95. The van der Waals surface area contributed by atoms with Crippen molar-refractivity contribution in [3.05, 3.63) is 64.8 Å². The molecule has 0 radical (unpaired) electrons. The highest BCUT2D eigenvalue weighted by Gasteiger charge is 2.11. The van der Waals surface area contributed by atoms with Crippen molar-refractivity contribution in [2.45, 2.75) is 0 Å². The number of ether oxygens (including phenoxy) is 1. The first kappa shape index (κ1) is 14.6. The van der Waals surface area contributed by atoms with Crippen molar-refractivity contribution < 1.29 is 9.53 Å².